The number of carbonyl (C=O) groups excluding carboxylic acids is 1. The van der Waals surface area contributed by atoms with Crippen LogP contribution in [-0.2, 0) is 22.4 Å². The van der Waals surface area contributed by atoms with Crippen LogP contribution in [-0.4, -0.2) is 22.2 Å². The summed E-state index contributed by atoms with van der Waals surface area (Å²) in [4.78, 5) is 21.8. The molecular formula is C11H10Br2O3. The van der Waals surface area contributed by atoms with Gasteiger partial charge in [-0.3, -0.25) is 9.59 Å². The Hall–Kier alpha value is -0.680. The van der Waals surface area contributed by atoms with Crippen molar-refractivity contribution in [1.82, 2.24) is 0 Å². The molecule has 1 aromatic rings. The van der Waals surface area contributed by atoms with Crippen molar-refractivity contribution in [1.29, 1.82) is 0 Å². The number of benzene rings is 1. The monoisotopic (exact) mass is 348 g/mol. The summed E-state index contributed by atoms with van der Waals surface area (Å²) in [7, 11) is 0. The van der Waals surface area contributed by atoms with Crippen LogP contribution in [0.4, 0.5) is 0 Å². The Kier molecular flexibility index (Phi) is 5.15. The summed E-state index contributed by atoms with van der Waals surface area (Å²) in [5.74, 6) is -0.810. The molecule has 3 nitrogen and oxygen atoms in total. The highest BCUT2D eigenvalue weighted by Crippen LogP contribution is 2.17. The zero-order chi connectivity index (χ0) is 12.1. The third-order valence-corrected chi connectivity index (χ3v) is 3.01. The molecule has 1 aromatic carbocycles. The minimum absolute atomic E-state index is 0.0328. The molecule has 0 amide bonds. The summed E-state index contributed by atoms with van der Waals surface area (Å²) in [6.07, 6.45) is 0.284. The van der Waals surface area contributed by atoms with Gasteiger partial charge in [0.1, 0.15) is 5.78 Å². The zero-order valence-corrected chi connectivity index (χ0v) is 11.5. The molecule has 1 rings (SSSR count). The van der Waals surface area contributed by atoms with Gasteiger partial charge in [-0.05, 0) is 23.3 Å². The maximum absolute atomic E-state index is 11.2. The third kappa shape index (κ3) is 4.45. The lowest BCUT2D eigenvalue weighted by Gasteiger charge is -2.04. The second-order valence-corrected chi connectivity index (χ2v) is 4.86. The smallest absolute Gasteiger partial charge is 0.307 e. The van der Waals surface area contributed by atoms with Crippen molar-refractivity contribution in [3.05, 3.63) is 33.8 Å². The minimum Gasteiger partial charge on any atom is -0.481 e. The van der Waals surface area contributed by atoms with Gasteiger partial charge in [0.15, 0.2) is 0 Å². The molecule has 16 heavy (non-hydrogen) atoms. The number of alkyl halides is 1. The number of rotatable bonds is 5. The molecule has 5 heteroatoms. The van der Waals surface area contributed by atoms with E-state index in [1.807, 2.05) is 6.07 Å². The van der Waals surface area contributed by atoms with Crippen molar-refractivity contribution in [3.63, 3.8) is 0 Å². The van der Waals surface area contributed by atoms with Crippen molar-refractivity contribution in [3.8, 4) is 0 Å². The Morgan fingerprint density at radius 1 is 1.12 bits per heavy atom. The van der Waals surface area contributed by atoms with Gasteiger partial charge in [-0.2, -0.15) is 0 Å². The maximum atomic E-state index is 11.2. The Labute approximate surface area is 110 Å². The summed E-state index contributed by atoms with van der Waals surface area (Å²) in [6, 6.07) is 5.32. The molecule has 1 N–H and O–H groups in total. The first-order valence-electron chi connectivity index (χ1n) is 4.59. The minimum atomic E-state index is -0.879. The molecule has 0 radical (unpaired) electrons. The Morgan fingerprint density at radius 2 is 1.69 bits per heavy atom. The number of carbonyl (C=O) groups is 2. The second kappa shape index (κ2) is 6.15. The molecule has 0 unspecified atom stereocenters. The van der Waals surface area contributed by atoms with Crippen LogP contribution in [0.3, 0.4) is 0 Å². The summed E-state index contributed by atoms with van der Waals surface area (Å²) in [6.45, 7) is 0. The zero-order valence-electron chi connectivity index (χ0n) is 8.37. The quantitative estimate of drug-likeness (QED) is 0.831. The number of hydrogen-bond donors (Lipinski definition) is 1. The molecule has 0 heterocycles. The molecule has 0 aliphatic carbocycles. The van der Waals surface area contributed by atoms with Crippen LogP contribution in [0.1, 0.15) is 11.1 Å². The molecule has 0 atom stereocenters. The average molecular weight is 350 g/mol. The second-order valence-electron chi connectivity index (χ2n) is 3.39. The van der Waals surface area contributed by atoms with Gasteiger partial charge in [-0.25, -0.2) is 0 Å². The van der Waals surface area contributed by atoms with Crippen LogP contribution in [0.5, 0.6) is 0 Å². The highest BCUT2D eigenvalue weighted by atomic mass is 79.9. The van der Waals surface area contributed by atoms with Gasteiger partial charge in [0.05, 0.1) is 11.8 Å². The number of Topliss-reactive ketones (excluding diaryl/α,β-unsaturated/α-hetero) is 1. The van der Waals surface area contributed by atoms with E-state index in [4.69, 9.17) is 5.11 Å². The molecule has 0 aliphatic rings. The normalized spacial score (nSPS) is 10.1. The van der Waals surface area contributed by atoms with Crippen LogP contribution in [0.25, 0.3) is 0 Å². The van der Waals surface area contributed by atoms with Gasteiger partial charge >= 0.3 is 5.97 Å². The molecule has 0 spiro atoms. The molecular weight excluding hydrogens is 340 g/mol. The highest BCUT2D eigenvalue weighted by molar-refractivity contribution is 9.10. The Bertz CT molecular complexity index is 416. The van der Waals surface area contributed by atoms with Crippen molar-refractivity contribution in [2.45, 2.75) is 12.8 Å². The molecule has 0 fully saturated rings. The number of aliphatic carboxylic acids is 1. The first-order valence-corrected chi connectivity index (χ1v) is 6.50. The fourth-order valence-corrected chi connectivity index (χ4v) is 2.16. The number of hydrogen-bond acceptors (Lipinski definition) is 2. The summed E-state index contributed by atoms with van der Waals surface area (Å²) in [5, 5.41) is 9.00. The lowest BCUT2D eigenvalue weighted by molar-refractivity contribution is -0.136. The van der Waals surface area contributed by atoms with Crippen molar-refractivity contribution in [2.24, 2.45) is 0 Å². The first kappa shape index (κ1) is 13.4. The van der Waals surface area contributed by atoms with Crippen molar-refractivity contribution < 1.29 is 14.7 Å². The number of carboxylic acid groups (broad SMARTS) is 1. The lowest BCUT2D eigenvalue weighted by atomic mass is 10.0. The molecule has 0 aliphatic heterocycles. The van der Waals surface area contributed by atoms with Gasteiger partial charge in [0.2, 0.25) is 0 Å². The van der Waals surface area contributed by atoms with E-state index in [1.165, 1.54) is 0 Å². The van der Waals surface area contributed by atoms with Crippen LogP contribution >= 0.6 is 31.9 Å². The lowest BCUT2D eigenvalue weighted by Crippen LogP contribution is -2.05. The fraction of sp³-hybridized carbons (Fsp3) is 0.273. The molecule has 0 bridgehead atoms. The van der Waals surface area contributed by atoms with Gasteiger partial charge < -0.3 is 5.11 Å². The molecule has 86 valence electrons. The van der Waals surface area contributed by atoms with E-state index in [-0.39, 0.29) is 12.2 Å². The van der Waals surface area contributed by atoms with E-state index in [9.17, 15) is 9.59 Å². The molecule has 0 saturated carbocycles. The summed E-state index contributed by atoms with van der Waals surface area (Å²) >= 11 is 6.39. The topological polar surface area (TPSA) is 54.4 Å². The van der Waals surface area contributed by atoms with Crippen LogP contribution in [0.2, 0.25) is 0 Å². The van der Waals surface area contributed by atoms with Crippen molar-refractivity contribution in [2.75, 3.05) is 5.33 Å². The maximum Gasteiger partial charge on any atom is 0.307 e. The van der Waals surface area contributed by atoms with E-state index in [0.29, 0.717) is 17.3 Å². The number of ketones is 1. The molecule has 0 saturated heterocycles. The van der Waals surface area contributed by atoms with Gasteiger partial charge in [0, 0.05) is 10.9 Å². The van der Waals surface area contributed by atoms with Gasteiger partial charge in [-0.1, -0.05) is 37.9 Å². The summed E-state index contributed by atoms with van der Waals surface area (Å²) < 4.78 is 0.795. The van der Waals surface area contributed by atoms with Crippen LogP contribution in [0, 0.1) is 0 Å². The van der Waals surface area contributed by atoms with Gasteiger partial charge in [0.25, 0.3) is 0 Å². The largest absolute Gasteiger partial charge is 0.481 e. The fourth-order valence-electron chi connectivity index (χ4n) is 1.37. The highest BCUT2D eigenvalue weighted by Gasteiger charge is 2.07. The summed E-state index contributed by atoms with van der Waals surface area (Å²) in [5.41, 5.74) is 1.52. The van der Waals surface area contributed by atoms with Crippen LogP contribution < -0.4 is 0 Å². The van der Waals surface area contributed by atoms with E-state index in [2.05, 4.69) is 31.9 Å². The first-order chi connectivity index (χ1) is 7.51. The van der Waals surface area contributed by atoms with Crippen LogP contribution in [0.15, 0.2) is 22.7 Å². The third-order valence-electron chi connectivity index (χ3n) is 1.92. The number of carboxylic acids is 1. The standard InChI is InChI=1S/C11H10Br2O3/c12-6-10(14)4-7-1-8(5-11(15)16)3-9(13)2-7/h1-3H,4-6H2,(H,15,16). The van der Waals surface area contributed by atoms with Crippen molar-refractivity contribution >= 4 is 43.6 Å². The predicted molar refractivity (Wildman–Crippen MR) is 68.0 cm³/mol. The van der Waals surface area contributed by atoms with E-state index in [0.717, 1.165) is 10.0 Å². The Morgan fingerprint density at radius 3 is 2.19 bits per heavy atom. The molecule has 0 aromatic heterocycles. The van der Waals surface area contributed by atoms with E-state index in [1.54, 1.807) is 12.1 Å². The van der Waals surface area contributed by atoms with E-state index < -0.39 is 5.97 Å². The SMILES string of the molecule is O=C(O)Cc1cc(Br)cc(CC(=O)CBr)c1. The average Bonchev–Trinajstić information content (AvgIpc) is 2.15. The number of halogens is 2. The Balaban J connectivity index is 2.89. The van der Waals surface area contributed by atoms with Gasteiger partial charge in [-0.15, -0.1) is 0 Å². The predicted octanol–water partition coefficient (Wildman–Crippen LogP) is 2.58. The van der Waals surface area contributed by atoms with E-state index >= 15 is 0 Å².